The Morgan fingerprint density at radius 1 is 1.32 bits per heavy atom. The average molecular weight is 293 g/mol. The summed E-state index contributed by atoms with van der Waals surface area (Å²) in [6, 6.07) is 7.90. The largest absolute Gasteiger partial charge is 0.294 e. The Labute approximate surface area is 130 Å². The fourth-order valence-corrected chi connectivity index (χ4v) is 3.23. The van der Waals surface area contributed by atoms with Crippen LogP contribution in [0.2, 0.25) is 0 Å². The number of fused-ring (bicyclic) bond motifs is 1. The molecule has 0 bridgehead atoms. The number of Topliss-reactive ketones (excluding diaryl/α,β-unsaturated/α-hetero) is 2. The molecule has 0 amide bonds. The Morgan fingerprint density at radius 3 is 2.91 bits per heavy atom. The van der Waals surface area contributed by atoms with Crippen molar-refractivity contribution in [3.8, 4) is 0 Å². The van der Waals surface area contributed by atoms with Gasteiger partial charge in [-0.3, -0.25) is 14.6 Å². The lowest BCUT2D eigenvalue weighted by molar-refractivity contribution is 0.0898. The van der Waals surface area contributed by atoms with Gasteiger partial charge in [0, 0.05) is 29.4 Å². The van der Waals surface area contributed by atoms with E-state index in [1.807, 2.05) is 25.1 Å². The summed E-state index contributed by atoms with van der Waals surface area (Å²) >= 11 is 0. The van der Waals surface area contributed by atoms with Crippen molar-refractivity contribution >= 4 is 11.6 Å². The van der Waals surface area contributed by atoms with Crippen LogP contribution < -0.4 is 0 Å². The van der Waals surface area contributed by atoms with Gasteiger partial charge in [-0.15, -0.1) is 0 Å². The minimum atomic E-state index is -0.0456. The first-order valence-electron chi connectivity index (χ1n) is 7.64. The lowest BCUT2D eigenvalue weighted by Crippen LogP contribution is -2.25. The molecule has 1 heterocycles. The fraction of sp³-hybridized carbons (Fsp3) is 0.316. The van der Waals surface area contributed by atoms with Crippen LogP contribution in [0.3, 0.4) is 0 Å². The zero-order chi connectivity index (χ0) is 15.7. The average Bonchev–Trinajstić information content (AvgIpc) is 2.50. The smallest absolute Gasteiger partial charge is 0.166 e. The number of hydrogen-bond donors (Lipinski definition) is 0. The summed E-state index contributed by atoms with van der Waals surface area (Å²) in [6.07, 6.45) is 5.67. The number of pyridine rings is 1. The third-order valence-electron chi connectivity index (χ3n) is 4.42. The summed E-state index contributed by atoms with van der Waals surface area (Å²) in [5, 5.41) is 0. The molecular formula is C19H19NO2. The maximum atomic E-state index is 12.7. The second-order valence-corrected chi connectivity index (χ2v) is 6.05. The molecule has 1 atom stereocenters. The standard InChI is InChI=1S/C19H19NO2/c1-12-3-6-17-14(9-12)4-5-16(19(17)22)10-15-7-8-20-11-18(15)13(2)21/h3,6-9,11,16H,4-5,10H2,1-2H3. The molecule has 0 radical (unpaired) electrons. The van der Waals surface area contributed by atoms with E-state index < -0.39 is 0 Å². The molecule has 1 aliphatic rings. The van der Waals surface area contributed by atoms with Gasteiger partial charge in [0.2, 0.25) is 0 Å². The highest BCUT2D eigenvalue weighted by Gasteiger charge is 2.28. The van der Waals surface area contributed by atoms with E-state index in [-0.39, 0.29) is 17.5 Å². The van der Waals surface area contributed by atoms with Crippen molar-refractivity contribution in [2.45, 2.75) is 33.1 Å². The van der Waals surface area contributed by atoms with E-state index in [0.717, 1.165) is 29.5 Å². The maximum absolute atomic E-state index is 12.7. The van der Waals surface area contributed by atoms with Gasteiger partial charge in [-0.2, -0.15) is 0 Å². The molecule has 0 fully saturated rings. The second-order valence-electron chi connectivity index (χ2n) is 6.05. The number of carbonyl (C=O) groups is 2. The Bertz CT molecular complexity index is 749. The molecule has 2 aromatic rings. The highest BCUT2D eigenvalue weighted by atomic mass is 16.1. The second kappa shape index (κ2) is 5.84. The van der Waals surface area contributed by atoms with Gasteiger partial charge in [-0.25, -0.2) is 0 Å². The van der Waals surface area contributed by atoms with Gasteiger partial charge < -0.3 is 0 Å². The Balaban J connectivity index is 1.88. The number of aryl methyl sites for hydroxylation is 2. The zero-order valence-corrected chi connectivity index (χ0v) is 12.9. The third-order valence-corrected chi connectivity index (χ3v) is 4.42. The topological polar surface area (TPSA) is 47.0 Å². The highest BCUT2D eigenvalue weighted by molar-refractivity contribution is 6.01. The molecule has 0 N–H and O–H groups in total. The lowest BCUT2D eigenvalue weighted by atomic mass is 9.79. The fourth-order valence-electron chi connectivity index (χ4n) is 3.23. The SMILES string of the molecule is CC(=O)c1cnccc1CC1CCc2cc(C)ccc2C1=O. The quantitative estimate of drug-likeness (QED) is 0.813. The van der Waals surface area contributed by atoms with Crippen molar-refractivity contribution in [2.24, 2.45) is 5.92 Å². The Hall–Kier alpha value is -2.29. The molecule has 112 valence electrons. The summed E-state index contributed by atoms with van der Waals surface area (Å²) in [5.41, 5.74) is 4.75. The van der Waals surface area contributed by atoms with Crippen molar-refractivity contribution in [3.05, 3.63) is 64.5 Å². The van der Waals surface area contributed by atoms with Crippen molar-refractivity contribution in [2.75, 3.05) is 0 Å². The molecule has 3 nitrogen and oxygen atoms in total. The normalized spacial score (nSPS) is 17.2. The first-order valence-corrected chi connectivity index (χ1v) is 7.64. The molecule has 0 spiro atoms. The minimum Gasteiger partial charge on any atom is -0.294 e. The van der Waals surface area contributed by atoms with Crippen LogP contribution in [0.5, 0.6) is 0 Å². The van der Waals surface area contributed by atoms with Crippen molar-refractivity contribution < 1.29 is 9.59 Å². The zero-order valence-electron chi connectivity index (χ0n) is 12.9. The van der Waals surface area contributed by atoms with E-state index >= 15 is 0 Å². The highest BCUT2D eigenvalue weighted by Crippen LogP contribution is 2.29. The number of aromatic nitrogens is 1. The minimum absolute atomic E-state index is 0.00221. The summed E-state index contributed by atoms with van der Waals surface area (Å²) in [4.78, 5) is 28.4. The number of rotatable bonds is 3. The summed E-state index contributed by atoms with van der Waals surface area (Å²) in [7, 11) is 0. The van der Waals surface area contributed by atoms with Crippen molar-refractivity contribution in [3.63, 3.8) is 0 Å². The van der Waals surface area contributed by atoms with Crippen LogP contribution in [0.1, 0.15) is 50.8 Å². The summed E-state index contributed by atoms with van der Waals surface area (Å²) < 4.78 is 0. The van der Waals surface area contributed by atoms with Gasteiger partial charge in [-0.05, 0) is 50.3 Å². The number of hydrogen-bond acceptors (Lipinski definition) is 3. The van der Waals surface area contributed by atoms with E-state index in [4.69, 9.17) is 0 Å². The van der Waals surface area contributed by atoms with Crippen LogP contribution in [-0.4, -0.2) is 16.6 Å². The van der Waals surface area contributed by atoms with Crippen molar-refractivity contribution in [1.82, 2.24) is 4.98 Å². The van der Waals surface area contributed by atoms with E-state index in [1.165, 1.54) is 5.56 Å². The Morgan fingerprint density at radius 2 is 2.14 bits per heavy atom. The molecule has 0 saturated carbocycles. The molecule has 22 heavy (non-hydrogen) atoms. The van der Waals surface area contributed by atoms with Crippen molar-refractivity contribution in [1.29, 1.82) is 0 Å². The molecule has 0 aliphatic heterocycles. The van der Waals surface area contributed by atoms with Gasteiger partial charge in [0.05, 0.1) is 0 Å². The van der Waals surface area contributed by atoms with Gasteiger partial charge in [0.15, 0.2) is 11.6 Å². The van der Waals surface area contributed by atoms with Crippen LogP contribution >= 0.6 is 0 Å². The van der Waals surface area contributed by atoms with E-state index in [0.29, 0.717) is 12.0 Å². The van der Waals surface area contributed by atoms with E-state index in [9.17, 15) is 9.59 Å². The van der Waals surface area contributed by atoms with Gasteiger partial charge in [-0.1, -0.05) is 23.8 Å². The molecule has 0 saturated heterocycles. The summed E-state index contributed by atoms with van der Waals surface area (Å²) in [6.45, 7) is 3.59. The summed E-state index contributed by atoms with van der Waals surface area (Å²) in [5.74, 6) is 0.158. The molecule has 1 aromatic carbocycles. The van der Waals surface area contributed by atoms with E-state index in [1.54, 1.807) is 19.3 Å². The number of nitrogens with zero attached hydrogens (tertiary/aromatic N) is 1. The molecule has 3 rings (SSSR count). The third kappa shape index (κ3) is 2.71. The first kappa shape index (κ1) is 14.6. The molecule has 1 aromatic heterocycles. The van der Waals surface area contributed by atoms with E-state index in [2.05, 4.69) is 11.1 Å². The van der Waals surface area contributed by atoms with Crippen LogP contribution in [0.4, 0.5) is 0 Å². The van der Waals surface area contributed by atoms with Crippen LogP contribution in [0, 0.1) is 12.8 Å². The monoisotopic (exact) mass is 293 g/mol. The van der Waals surface area contributed by atoms with Gasteiger partial charge in [0.25, 0.3) is 0 Å². The molecular weight excluding hydrogens is 274 g/mol. The molecule has 1 aliphatic carbocycles. The van der Waals surface area contributed by atoms with Crippen LogP contribution in [0.15, 0.2) is 36.7 Å². The van der Waals surface area contributed by atoms with Gasteiger partial charge >= 0.3 is 0 Å². The van der Waals surface area contributed by atoms with Crippen LogP contribution in [0.25, 0.3) is 0 Å². The van der Waals surface area contributed by atoms with Crippen LogP contribution in [-0.2, 0) is 12.8 Å². The molecule has 3 heteroatoms. The number of benzene rings is 1. The number of carbonyl (C=O) groups excluding carboxylic acids is 2. The predicted octanol–water partition coefficient (Wildman–Crippen LogP) is 3.58. The number of ketones is 2. The van der Waals surface area contributed by atoms with Gasteiger partial charge in [0.1, 0.15) is 0 Å². The maximum Gasteiger partial charge on any atom is 0.166 e. The first-order chi connectivity index (χ1) is 10.6. The Kier molecular flexibility index (Phi) is 3.88. The molecule has 1 unspecified atom stereocenters. The predicted molar refractivity (Wildman–Crippen MR) is 85.3 cm³/mol. The lowest BCUT2D eigenvalue weighted by Gasteiger charge is -2.24.